The van der Waals surface area contributed by atoms with Crippen LogP contribution in [-0.4, -0.2) is 89.0 Å². The number of pyridine rings is 1. The van der Waals surface area contributed by atoms with Crippen LogP contribution < -0.4 is 11.5 Å². The van der Waals surface area contributed by atoms with Crippen molar-refractivity contribution in [3.63, 3.8) is 0 Å². The minimum absolute atomic E-state index is 0.0934. The molecule has 3 saturated heterocycles. The lowest BCUT2D eigenvalue weighted by Crippen LogP contribution is -2.35. The Morgan fingerprint density at radius 3 is 2.59 bits per heavy atom. The highest BCUT2D eigenvalue weighted by molar-refractivity contribution is 8.44. The molecular formula is C22H25FN8O9P2S2. The quantitative estimate of drug-likeness (QED) is 0.149. The highest BCUT2D eigenvalue weighted by atomic mass is 32.7. The van der Waals surface area contributed by atoms with E-state index in [0.717, 1.165) is 0 Å². The summed E-state index contributed by atoms with van der Waals surface area (Å²) in [4.78, 5) is 27.5. The lowest BCUT2D eigenvalue weighted by Gasteiger charge is -2.27. The number of alkyl halides is 1. The summed E-state index contributed by atoms with van der Waals surface area (Å²) in [6, 6.07) is 3.25. The molecule has 7 heterocycles. The van der Waals surface area contributed by atoms with Crippen molar-refractivity contribution >= 4 is 71.3 Å². The Hall–Kier alpha value is -2.32. The van der Waals surface area contributed by atoms with E-state index in [1.165, 1.54) is 34.2 Å². The fraction of sp³-hybridized carbons (Fsp3) is 0.455. The maximum absolute atomic E-state index is 16.0. The second-order valence-electron chi connectivity index (χ2n) is 10.2. The normalized spacial score (nSPS) is 38.3. The number of nitrogens with zero attached hydrogens (tertiary/aromatic N) is 6. The summed E-state index contributed by atoms with van der Waals surface area (Å²) in [5.74, 6) is 0.0934. The summed E-state index contributed by atoms with van der Waals surface area (Å²) in [5.41, 5.74) is 13.2. The number of aliphatic hydroxyl groups is 1. The molecule has 0 spiro atoms. The maximum atomic E-state index is 16.0. The maximum Gasteiger partial charge on any atom is 0.386 e. The van der Waals surface area contributed by atoms with E-state index in [0.29, 0.717) is 16.7 Å². The number of nitrogens with two attached hydrogens (primary N) is 2. The van der Waals surface area contributed by atoms with E-state index in [1.807, 2.05) is 0 Å². The van der Waals surface area contributed by atoms with Crippen LogP contribution >= 0.6 is 25.8 Å². The minimum atomic E-state index is -4.32. The van der Waals surface area contributed by atoms with Gasteiger partial charge < -0.3 is 40.0 Å². The monoisotopic (exact) mass is 690 g/mol. The van der Waals surface area contributed by atoms with E-state index in [2.05, 4.69) is 32.2 Å². The van der Waals surface area contributed by atoms with E-state index in [9.17, 15) is 14.6 Å². The predicted molar refractivity (Wildman–Crippen MR) is 157 cm³/mol. The van der Waals surface area contributed by atoms with Gasteiger partial charge in [0.2, 0.25) is 0 Å². The van der Waals surface area contributed by atoms with Gasteiger partial charge in [0, 0.05) is 23.5 Å². The van der Waals surface area contributed by atoms with Crippen LogP contribution in [0.3, 0.4) is 0 Å². The molecule has 4 aromatic rings. The van der Waals surface area contributed by atoms with Gasteiger partial charge in [-0.05, 0) is 23.9 Å². The molecule has 0 aliphatic carbocycles. The van der Waals surface area contributed by atoms with E-state index in [1.54, 1.807) is 12.1 Å². The van der Waals surface area contributed by atoms with Crippen molar-refractivity contribution in [2.75, 3.05) is 24.7 Å². The van der Waals surface area contributed by atoms with Crippen LogP contribution in [0.2, 0.25) is 0 Å². The van der Waals surface area contributed by atoms with E-state index >= 15 is 4.39 Å². The van der Waals surface area contributed by atoms with Crippen LogP contribution in [0.1, 0.15) is 12.5 Å². The van der Waals surface area contributed by atoms with Crippen LogP contribution in [-0.2, 0) is 43.9 Å². The van der Waals surface area contributed by atoms with Crippen molar-refractivity contribution in [3.8, 4) is 0 Å². The molecule has 3 aliphatic heterocycles. The number of anilines is 2. The Kier molecular flexibility index (Phi) is 7.71. The number of halogens is 1. The summed E-state index contributed by atoms with van der Waals surface area (Å²) in [5, 5.41) is 11.7. The number of fused-ring (bicyclic) bond motifs is 5. The predicted octanol–water partition coefficient (Wildman–Crippen LogP) is 1.61. The molecule has 0 aromatic carbocycles. The molecule has 0 amide bonds. The van der Waals surface area contributed by atoms with Gasteiger partial charge in [0.15, 0.2) is 30.1 Å². The molecular weight excluding hydrogens is 665 g/mol. The lowest BCUT2D eigenvalue weighted by atomic mass is 10.1. The van der Waals surface area contributed by atoms with Crippen molar-refractivity contribution in [1.82, 2.24) is 29.1 Å². The Bertz CT molecular complexity index is 1830. The van der Waals surface area contributed by atoms with Gasteiger partial charge in [-0.2, -0.15) is 0 Å². The molecule has 0 radical (unpaired) electrons. The first kappa shape index (κ1) is 30.3. The number of aliphatic hydroxyl groups excluding tert-OH is 1. The van der Waals surface area contributed by atoms with Gasteiger partial charge >= 0.3 is 13.5 Å². The number of thiol groups is 1. The molecule has 10 atom stereocenters. The molecule has 6 N–H and O–H groups in total. The van der Waals surface area contributed by atoms with Gasteiger partial charge in [-0.1, -0.05) is 12.2 Å². The molecule has 236 valence electrons. The van der Waals surface area contributed by atoms with Crippen LogP contribution in [0, 0.1) is 0 Å². The first-order valence-electron chi connectivity index (χ1n) is 13.0. The Morgan fingerprint density at radius 2 is 1.77 bits per heavy atom. The van der Waals surface area contributed by atoms with Gasteiger partial charge in [-0.3, -0.25) is 18.1 Å². The average Bonchev–Trinajstić information content (AvgIpc) is 3.73. The minimum Gasteiger partial charge on any atom is -0.398 e. The van der Waals surface area contributed by atoms with E-state index in [4.69, 9.17) is 50.8 Å². The zero-order valence-electron chi connectivity index (χ0n) is 22.2. The average molecular weight is 691 g/mol. The van der Waals surface area contributed by atoms with Crippen LogP contribution in [0.25, 0.3) is 22.2 Å². The number of ether oxygens (including phenoxy) is 2. The van der Waals surface area contributed by atoms with Crippen LogP contribution in [0.4, 0.5) is 15.9 Å². The number of rotatable bonds is 2. The molecule has 0 saturated carbocycles. The third-order valence-corrected chi connectivity index (χ3v) is 10.7. The fourth-order valence-corrected chi connectivity index (χ4v) is 8.31. The number of imidazole rings is 1. The number of aromatic nitrogens is 6. The molecule has 7 rings (SSSR count). The largest absolute Gasteiger partial charge is 0.398 e. The Balaban J connectivity index is 1.20. The van der Waals surface area contributed by atoms with E-state index < -0.39 is 75.9 Å². The Labute approximate surface area is 257 Å². The second-order valence-corrected chi connectivity index (χ2v) is 15.8. The van der Waals surface area contributed by atoms with Crippen molar-refractivity contribution in [2.24, 2.45) is 0 Å². The highest BCUT2D eigenvalue weighted by Gasteiger charge is 2.53. The SMILES string of the molecule is Nc1ccnc2c1ccn2[C@@H]1O[C@@H]2COP(=O)(S)O[C@@H]3[C@H](O)[C@@H](COP(O)(=S)O[C@H]2[C@H]1F)O[C@H]3n1cnc2c(N)ncnc21. The van der Waals surface area contributed by atoms with E-state index in [-0.39, 0.29) is 17.0 Å². The van der Waals surface area contributed by atoms with Gasteiger partial charge in [0.1, 0.15) is 48.0 Å². The van der Waals surface area contributed by atoms with Gasteiger partial charge in [-0.15, -0.1) is 0 Å². The number of nitrogen functional groups attached to an aromatic ring is 2. The van der Waals surface area contributed by atoms with Gasteiger partial charge in [0.25, 0.3) is 0 Å². The molecule has 22 heteroatoms. The molecule has 17 nitrogen and oxygen atoms in total. The number of hydrogen-bond acceptors (Lipinski definition) is 15. The fourth-order valence-electron chi connectivity index (χ4n) is 5.42. The molecule has 2 unspecified atom stereocenters. The molecule has 44 heavy (non-hydrogen) atoms. The molecule has 3 fully saturated rings. The van der Waals surface area contributed by atoms with Gasteiger partial charge in [0.05, 0.1) is 19.5 Å². The third-order valence-electron chi connectivity index (χ3n) is 7.48. The smallest absolute Gasteiger partial charge is 0.386 e. The van der Waals surface area contributed by atoms with Crippen LogP contribution in [0.5, 0.6) is 0 Å². The summed E-state index contributed by atoms with van der Waals surface area (Å²) in [6.45, 7) is -9.62. The second kappa shape index (κ2) is 11.2. The Morgan fingerprint density at radius 1 is 1.00 bits per heavy atom. The van der Waals surface area contributed by atoms with Crippen molar-refractivity contribution in [1.29, 1.82) is 0 Å². The third kappa shape index (κ3) is 5.32. The molecule has 3 aliphatic rings. The first-order valence-corrected chi connectivity index (χ1v) is 18.3. The van der Waals surface area contributed by atoms with Gasteiger partial charge in [-0.25, -0.2) is 28.9 Å². The van der Waals surface area contributed by atoms with Crippen molar-refractivity contribution in [2.45, 2.75) is 49.1 Å². The summed E-state index contributed by atoms with van der Waals surface area (Å²) >= 11 is 9.29. The molecule has 2 bridgehead atoms. The lowest BCUT2D eigenvalue weighted by molar-refractivity contribution is -0.0584. The summed E-state index contributed by atoms with van der Waals surface area (Å²) in [7, 11) is 0. The zero-order valence-corrected chi connectivity index (χ0v) is 25.7. The standard InChI is InChI=1S/C22H25FN8O9P2S2/c23-13-16-12(38-21(13)30-4-2-9-10(24)1-3-26-19(9)30)6-36-42(34,44)40-17-15(32)11(5-35-41(33,43)39-16)37-22(17)31-8-29-14-18(25)27-7-28-20(14)31/h1-4,7-8,11-13,15-17,21-22,32H,5-6H2,(H2,24,26)(H,33,43)(H,34,44)(H2,25,27,28)/t11-,12-,13-,15-,16-,17-,21-,22-,41?,42?/m1/s1. The zero-order chi connectivity index (χ0) is 31.0. The first-order chi connectivity index (χ1) is 20.9. The summed E-state index contributed by atoms with van der Waals surface area (Å²) < 4.78 is 66.6. The van der Waals surface area contributed by atoms with Crippen molar-refractivity contribution in [3.05, 3.63) is 37.2 Å². The number of hydrogen-bond donors (Lipinski definition) is 5. The highest BCUT2D eigenvalue weighted by Crippen LogP contribution is 2.58. The van der Waals surface area contributed by atoms with Crippen molar-refractivity contribution < 1.29 is 46.5 Å². The molecule has 4 aromatic heterocycles. The van der Waals surface area contributed by atoms with Crippen LogP contribution in [0.15, 0.2) is 37.2 Å². The summed E-state index contributed by atoms with van der Waals surface area (Å²) in [6.07, 6.45) is -5.83. The topological polar surface area (TPSA) is 226 Å².